The number of halogens is 2. The number of amides is 2. The Labute approximate surface area is 269 Å². The van der Waals surface area contributed by atoms with Gasteiger partial charge in [0.1, 0.15) is 18.4 Å². The molecule has 0 spiro atoms. The third-order valence-corrected chi connectivity index (χ3v) is 9.52. The highest BCUT2D eigenvalue weighted by molar-refractivity contribution is 7.92. The zero-order chi connectivity index (χ0) is 32.6. The van der Waals surface area contributed by atoms with E-state index in [1.807, 2.05) is 44.2 Å². The SMILES string of the molecule is Cc1c(Cl)cccc1N(CC(=O)N(Cc1ccc(F)cc1)[C@@H](Cc1ccccc1)C(=O)NCC(C)C)S(=O)(=O)c1ccccc1. The molecule has 0 saturated carbocycles. The zero-order valence-electron chi connectivity index (χ0n) is 25.5. The smallest absolute Gasteiger partial charge is 0.264 e. The van der Waals surface area contributed by atoms with E-state index in [0.717, 1.165) is 9.87 Å². The lowest BCUT2D eigenvalue weighted by molar-refractivity contribution is -0.140. The number of hydrogen-bond acceptors (Lipinski definition) is 4. The Morgan fingerprint density at radius 3 is 2.09 bits per heavy atom. The van der Waals surface area contributed by atoms with Crippen LogP contribution in [0.3, 0.4) is 0 Å². The van der Waals surface area contributed by atoms with E-state index < -0.39 is 34.3 Å². The van der Waals surface area contributed by atoms with E-state index in [1.54, 1.807) is 55.5 Å². The Morgan fingerprint density at radius 1 is 0.844 bits per heavy atom. The molecule has 0 aliphatic heterocycles. The maximum absolute atomic E-state index is 14.5. The maximum Gasteiger partial charge on any atom is 0.264 e. The Morgan fingerprint density at radius 2 is 1.47 bits per heavy atom. The molecule has 0 unspecified atom stereocenters. The lowest BCUT2D eigenvalue weighted by Crippen LogP contribution is -2.53. The van der Waals surface area contributed by atoms with Crippen molar-refractivity contribution >= 4 is 39.1 Å². The van der Waals surface area contributed by atoms with Crippen LogP contribution in [0.2, 0.25) is 5.02 Å². The van der Waals surface area contributed by atoms with Crippen LogP contribution in [0.15, 0.2) is 108 Å². The summed E-state index contributed by atoms with van der Waals surface area (Å²) < 4.78 is 43.1. The summed E-state index contributed by atoms with van der Waals surface area (Å²) in [6, 6.07) is 26.6. The van der Waals surface area contributed by atoms with Gasteiger partial charge in [-0.25, -0.2) is 12.8 Å². The summed E-state index contributed by atoms with van der Waals surface area (Å²) in [5.41, 5.74) is 2.12. The normalized spacial score (nSPS) is 12.0. The van der Waals surface area contributed by atoms with Gasteiger partial charge in [0.25, 0.3) is 10.0 Å². The monoisotopic (exact) mass is 649 g/mol. The first-order valence-electron chi connectivity index (χ1n) is 14.7. The predicted octanol–water partition coefficient (Wildman–Crippen LogP) is 6.40. The molecule has 45 heavy (non-hydrogen) atoms. The Bertz CT molecular complexity index is 1700. The molecule has 0 radical (unpaired) electrons. The summed E-state index contributed by atoms with van der Waals surface area (Å²) in [6.07, 6.45) is 0.180. The first kappa shape index (κ1) is 33.7. The third kappa shape index (κ3) is 8.71. The van der Waals surface area contributed by atoms with Crippen LogP contribution in [0, 0.1) is 18.7 Å². The first-order valence-corrected chi connectivity index (χ1v) is 16.5. The first-order chi connectivity index (χ1) is 21.5. The quantitative estimate of drug-likeness (QED) is 0.182. The summed E-state index contributed by atoms with van der Waals surface area (Å²) in [5, 5.41) is 3.29. The third-order valence-electron chi connectivity index (χ3n) is 7.34. The lowest BCUT2D eigenvalue weighted by Gasteiger charge is -2.34. The second-order valence-electron chi connectivity index (χ2n) is 11.2. The highest BCUT2D eigenvalue weighted by Gasteiger charge is 2.35. The Kier molecular flexibility index (Phi) is 11.4. The summed E-state index contributed by atoms with van der Waals surface area (Å²) >= 11 is 6.42. The number of anilines is 1. The van der Waals surface area contributed by atoms with Gasteiger partial charge < -0.3 is 10.2 Å². The largest absolute Gasteiger partial charge is 0.354 e. The minimum Gasteiger partial charge on any atom is -0.354 e. The van der Waals surface area contributed by atoms with Crippen molar-refractivity contribution in [2.24, 2.45) is 5.92 Å². The van der Waals surface area contributed by atoms with Gasteiger partial charge in [-0.3, -0.25) is 13.9 Å². The van der Waals surface area contributed by atoms with Crippen LogP contribution in [-0.2, 0) is 32.6 Å². The van der Waals surface area contributed by atoms with E-state index in [0.29, 0.717) is 22.7 Å². The molecule has 0 aliphatic rings. The number of rotatable bonds is 13. The second-order valence-corrected chi connectivity index (χ2v) is 13.5. The van der Waals surface area contributed by atoms with Crippen molar-refractivity contribution in [2.45, 2.75) is 44.7 Å². The summed E-state index contributed by atoms with van der Waals surface area (Å²) in [5.74, 6) is -1.27. The van der Waals surface area contributed by atoms with Gasteiger partial charge in [-0.15, -0.1) is 0 Å². The molecule has 0 saturated heterocycles. The van der Waals surface area contributed by atoms with Crippen LogP contribution < -0.4 is 9.62 Å². The molecule has 0 bridgehead atoms. The Hall–Kier alpha value is -4.21. The molecule has 0 aliphatic carbocycles. The molecule has 7 nitrogen and oxygen atoms in total. The van der Waals surface area contributed by atoms with Crippen LogP contribution in [0.5, 0.6) is 0 Å². The molecule has 236 valence electrons. The van der Waals surface area contributed by atoms with Gasteiger partial charge in [-0.1, -0.05) is 92.2 Å². The zero-order valence-corrected chi connectivity index (χ0v) is 27.1. The van der Waals surface area contributed by atoms with Gasteiger partial charge in [0.05, 0.1) is 10.6 Å². The number of nitrogens with zero attached hydrogens (tertiary/aromatic N) is 2. The van der Waals surface area contributed by atoms with E-state index >= 15 is 0 Å². The average molecular weight is 650 g/mol. The standard InChI is InChI=1S/C35H37ClFN3O4S/c1-25(2)22-38-35(42)33(21-27-11-6-4-7-12-27)39(23-28-17-19-29(37)20-18-28)34(41)24-40(32-16-10-15-31(36)26(32)3)45(43,44)30-13-8-5-9-14-30/h4-20,25,33H,21-24H2,1-3H3,(H,38,42)/t33-/m0/s1. The van der Waals surface area contributed by atoms with Crippen molar-refractivity contribution in [3.8, 4) is 0 Å². The molecule has 0 aromatic heterocycles. The minimum atomic E-state index is -4.25. The predicted molar refractivity (Wildman–Crippen MR) is 176 cm³/mol. The fraction of sp³-hybridized carbons (Fsp3) is 0.257. The number of carbonyl (C=O) groups is 2. The van der Waals surface area contributed by atoms with Crippen molar-refractivity contribution in [1.82, 2.24) is 10.2 Å². The van der Waals surface area contributed by atoms with E-state index in [-0.39, 0.29) is 35.4 Å². The number of benzene rings is 4. The van der Waals surface area contributed by atoms with Crippen molar-refractivity contribution in [2.75, 3.05) is 17.4 Å². The second kappa shape index (κ2) is 15.2. The fourth-order valence-electron chi connectivity index (χ4n) is 4.86. The topological polar surface area (TPSA) is 86.8 Å². The average Bonchev–Trinajstić information content (AvgIpc) is 3.03. The highest BCUT2D eigenvalue weighted by Crippen LogP contribution is 2.31. The van der Waals surface area contributed by atoms with Gasteiger partial charge in [-0.05, 0) is 65.9 Å². The number of sulfonamides is 1. The van der Waals surface area contributed by atoms with Crippen LogP contribution in [0.4, 0.5) is 10.1 Å². The summed E-state index contributed by atoms with van der Waals surface area (Å²) in [4.78, 5) is 29.7. The van der Waals surface area contributed by atoms with Gasteiger partial charge in [-0.2, -0.15) is 0 Å². The van der Waals surface area contributed by atoms with Crippen LogP contribution >= 0.6 is 11.6 Å². The molecular weight excluding hydrogens is 613 g/mol. The maximum atomic E-state index is 14.5. The number of carbonyl (C=O) groups excluding carboxylic acids is 2. The molecule has 10 heteroatoms. The van der Waals surface area contributed by atoms with Gasteiger partial charge >= 0.3 is 0 Å². The fourth-order valence-corrected chi connectivity index (χ4v) is 6.52. The highest BCUT2D eigenvalue weighted by atomic mass is 35.5. The molecule has 1 atom stereocenters. The van der Waals surface area contributed by atoms with Crippen molar-refractivity contribution < 1.29 is 22.4 Å². The van der Waals surface area contributed by atoms with Gasteiger partial charge in [0.15, 0.2) is 0 Å². The molecule has 4 aromatic rings. The van der Waals surface area contributed by atoms with Gasteiger partial charge in [0.2, 0.25) is 11.8 Å². The van der Waals surface area contributed by atoms with E-state index in [4.69, 9.17) is 11.6 Å². The van der Waals surface area contributed by atoms with E-state index in [1.165, 1.54) is 29.2 Å². The van der Waals surface area contributed by atoms with Crippen LogP contribution in [-0.4, -0.2) is 44.3 Å². The molecule has 4 aromatic carbocycles. The van der Waals surface area contributed by atoms with Gasteiger partial charge in [0, 0.05) is 24.5 Å². The van der Waals surface area contributed by atoms with Crippen molar-refractivity contribution in [3.05, 3.63) is 131 Å². The Balaban J connectivity index is 1.82. The number of hydrogen-bond donors (Lipinski definition) is 1. The van der Waals surface area contributed by atoms with Crippen LogP contribution in [0.1, 0.15) is 30.5 Å². The summed E-state index contributed by atoms with van der Waals surface area (Å²) in [7, 11) is -4.25. The summed E-state index contributed by atoms with van der Waals surface area (Å²) in [6.45, 7) is 5.34. The van der Waals surface area contributed by atoms with E-state index in [9.17, 15) is 22.4 Å². The molecular formula is C35H37ClFN3O4S. The van der Waals surface area contributed by atoms with E-state index in [2.05, 4.69) is 5.32 Å². The van der Waals surface area contributed by atoms with Crippen molar-refractivity contribution in [3.63, 3.8) is 0 Å². The molecule has 2 amide bonds. The number of nitrogens with one attached hydrogen (secondary N) is 1. The molecule has 0 heterocycles. The molecule has 0 fully saturated rings. The molecule has 1 N–H and O–H groups in total. The molecule has 4 rings (SSSR count). The van der Waals surface area contributed by atoms with Crippen LogP contribution in [0.25, 0.3) is 0 Å². The minimum absolute atomic E-state index is 0.00206. The lowest BCUT2D eigenvalue weighted by atomic mass is 10.0. The van der Waals surface area contributed by atoms with Crippen molar-refractivity contribution in [1.29, 1.82) is 0 Å².